The normalized spacial score (nSPS) is 12.8. The van der Waals surface area contributed by atoms with Gasteiger partial charge in [0.1, 0.15) is 0 Å². The lowest BCUT2D eigenvalue weighted by molar-refractivity contribution is -0.137. The highest BCUT2D eigenvalue weighted by molar-refractivity contribution is 5.76. The minimum atomic E-state index is -0.129. The standard InChI is InChI=1S/C16H35N3O/c1-9-14(20)19(15(2,3)4)13-16(5,6)18(8)12-10-11-17-7/h17H,9-13H2,1-8H3. The molecule has 0 aromatic rings. The molecule has 0 fully saturated rings. The van der Waals surface area contributed by atoms with Crippen molar-refractivity contribution < 1.29 is 4.79 Å². The minimum absolute atomic E-state index is 0.0220. The van der Waals surface area contributed by atoms with E-state index in [1.807, 2.05) is 18.9 Å². The Kier molecular flexibility index (Phi) is 7.74. The highest BCUT2D eigenvalue weighted by atomic mass is 16.2. The predicted molar refractivity (Wildman–Crippen MR) is 87.0 cm³/mol. The van der Waals surface area contributed by atoms with Crippen molar-refractivity contribution in [2.75, 3.05) is 33.7 Å². The zero-order valence-electron chi connectivity index (χ0n) is 14.8. The summed E-state index contributed by atoms with van der Waals surface area (Å²) >= 11 is 0. The van der Waals surface area contributed by atoms with E-state index in [0.717, 1.165) is 26.1 Å². The molecule has 0 atom stereocenters. The molecule has 0 aliphatic rings. The van der Waals surface area contributed by atoms with Crippen LogP contribution < -0.4 is 5.32 Å². The largest absolute Gasteiger partial charge is 0.336 e. The molecule has 0 unspecified atom stereocenters. The number of nitrogens with one attached hydrogen (secondary N) is 1. The molecule has 0 aliphatic heterocycles. The topological polar surface area (TPSA) is 35.6 Å². The molecular formula is C16H35N3O. The second-order valence-corrected chi connectivity index (χ2v) is 7.20. The maximum absolute atomic E-state index is 12.2. The predicted octanol–water partition coefficient (Wildman–Crippen LogP) is 2.34. The van der Waals surface area contributed by atoms with Crippen molar-refractivity contribution in [2.45, 2.75) is 65.5 Å². The fraction of sp³-hybridized carbons (Fsp3) is 0.938. The third-order valence-electron chi connectivity index (χ3n) is 3.91. The smallest absolute Gasteiger partial charge is 0.222 e. The molecule has 20 heavy (non-hydrogen) atoms. The Morgan fingerprint density at radius 2 is 1.70 bits per heavy atom. The SMILES string of the molecule is CCC(=O)N(CC(C)(C)N(C)CCCNC)C(C)(C)C. The van der Waals surface area contributed by atoms with Crippen LogP contribution in [0.5, 0.6) is 0 Å². The van der Waals surface area contributed by atoms with E-state index in [-0.39, 0.29) is 17.0 Å². The third-order valence-corrected chi connectivity index (χ3v) is 3.91. The van der Waals surface area contributed by atoms with E-state index < -0.39 is 0 Å². The van der Waals surface area contributed by atoms with E-state index in [2.05, 4.69) is 51.9 Å². The van der Waals surface area contributed by atoms with Gasteiger partial charge in [-0.1, -0.05) is 6.92 Å². The Morgan fingerprint density at radius 3 is 2.10 bits per heavy atom. The Morgan fingerprint density at radius 1 is 1.15 bits per heavy atom. The van der Waals surface area contributed by atoms with Gasteiger partial charge < -0.3 is 10.2 Å². The number of rotatable bonds is 8. The van der Waals surface area contributed by atoms with Crippen LogP contribution in [0.2, 0.25) is 0 Å². The number of amides is 1. The van der Waals surface area contributed by atoms with Gasteiger partial charge in [0.05, 0.1) is 0 Å². The van der Waals surface area contributed by atoms with Crippen LogP contribution in [0.4, 0.5) is 0 Å². The van der Waals surface area contributed by atoms with Crippen molar-refractivity contribution in [1.29, 1.82) is 0 Å². The van der Waals surface area contributed by atoms with Gasteiger partial charge in [-0.05, 0) is 68.2 Å². The molecule has 0 saturated heterocycles. The first kappa shape index (κ1) is 19.4. The number of nitrogens with zero attached hydrogens (tertiary/aromatic N) is 2. The Labute approximate surface area is 125 Å². The van der Waals surface area contributed by atoms with Crippen molar-refractivity contribution in [3.63, 3.8) is 0 Å². The van der Waals surface area contributed by atoms with Gasteiger partial charge in [-0.15, -0.1) is 0 Å². The molecule has 4 heteroatoms. The zero-order chi connectivity index (χ0) is 16.0. The maximum atomic E-state index is 12.2. The van der Waals surface area contributed by atoms with E-state index in [1.54, 1.807) is 0 Å². The summed E-state index contributed by atoms with van der Waals surface area (Å²) in [5.74, 6) is 0.231. The molecule has 120 valence electrons. The summed E-state index contributed by atoms with van der Waals surface area (Å²) in [5, 5.41) is 3.18. The Bertz CT molecular complexity index is 295. The van der Waals surface area contributed by atoms with E-state index in [9.17, 15) is 4.79 Å². The number of hydrogen-bond donors (Lipinski definition) is 1. The average molecular weight is 285 g/mol. The van der Waals surface area contributed by atoms with Crippen LogP contribution in [0.1, 0.15) is 54.4 Å². The minimum Gasteiger partial charge on any atom is -0.336 e. The highest BCUT2D eigenvalue weighted by Crippen LogP contribution is 2.22. The molecule has 1 amide bonds. The average Bonchev–Trinajstić information content (AvgIpc) is 2.34. The van der Waals surface area contributed by atoms with Crippen molar-refractivity contribution in [3.05, 3.63) is 0 Å². The molecule has 0 heterocycles. The van der Waals surface area contributed by atoms with Gasteiger partial charge in [-0.2, -0.15) is 0 Å². The molecule has 0 spiro atoms. The van der Waals surface area contributed by atoms with Gasteiger partial charge in [0.25, 0.3) is 0 Å². The lowest BCUT2D eigenvalue weighted by Crippen LogP contribution is -2.56. The van der Waals surface area contributed by atoms with Crippen LogP contribution in [-0.4, -0.2) is 60.5 Å². The molecule has 0 saturated carbocycles. The van der Waals surface area contributed by atoms with Crippen molar-refractivity contribution in [1.82, 2.24) is 15.1 Å². The first-order valence-electron chi connectivity index (χ1n) is 7.72. The molecule has 0 aromatic heterocycles. The molecule has 0 bridgehead atoms. The van der Waals surface area contributed by atoms with Crippen molar-refractivity contribution >= 4 is 5.91 Å². The molecule has 0 radical (unpaired) electrons. The molecule has 0 rings (SSSR count). The number of carbonyl (C=O) groups excluding carboxylic acids is 1. The van der Waals surface area contributed by atoms with E-state index in [4.69, 9.17) is 0 Å². The van der Waals surface area contributed by atoms with E-state index >= 15 is 0 Å². The van der Waals surface area contributed by atoms with Crippen LogP contribution in [0, 0.1) is 0 Å². The van der Waals surface area contributed by atoms with Gasteiger partial charge in [-0.25, -0.2) is 0 Å². The Balaban J connectivity index is 4.78. The van der Waals surface area contributed by atoms with Crippen LogP contribution >= 0.6 is 0 Å². The summed E-state index contributed by atoms with van der Waals surface area (Å²) in [7, 11) is 4.12. The second kappa shape index (κ2) is 7.99. The van der Waals surface area contributed by atoms with Crippen LogP contribution in [0.15, 0.2) is 0 Å². The highest BCUT2D eigenvalue weighted by Gasteiger charge is 2.33. The molecule has 4 nitrogen and oxygen atoms in total. The summed E-state index contributed by atoms with van der Waals surface area (Å²) in [6.45, 7) is 15.5. The van der Waals surface area contributed by atoms with Gasteiger partial charge in [0.2, 0.25) is 5.91 Å². The van der Waals surface area contributed by atoms with Crippen LogP contribution in [0.3, 0.4) is 0 Å². The van der Waals surface area contributed by atoms with Gasteiger partial charge in [0.15, 0.2) is 0 Å². The zero-order valence-corrected chi connectivity index (χ0v) is 14.8. The van der Waals surface area contributed by atoms with E-state index in [1.165, 1.54) is 0 Å². The fourth-order valence-electron chi connectivity index (χ4n) is 2.19. The fourth-order valence-corrected chi connectivity index (χ4v) is 2.19. The van der Waals surface area contributed by atoms with Gasteiger partial charge >= 0.3 is 0 Å². The first-order chi connectivity index (χ1) is 9.06. The molecule has 1 N–H and O–H groups in total. The summed E-state index contributed by atoms with van der Waals surface area (Å²) in [6.07, 6.45) is 1.69. The van der Waals surface area contributed by atoms with Crippen LogP contribution in [0.25, 0.3) is 0 Å². The second-order valence-electron chi connectivity index (χ2n) is 7.20. The quantitative estimate of drug-likeness (QED) is 0.695. The summed E-state index contributed by atoms with van der Waals surface area (Å²) in [4.78, 5) is 16.6. The van der Waals surface area contributed by atoms with Crippen LogP contribution in [-0.2, 0) is 4.79 Å². The molecule has 0 aromatic carbocycles. The summed E-state index contributed by atoms with van der Waals surface area (Å²) < 4.78 is 0. The van der Waals surface area contributed by atoms with Gasteiger partial charge in [-0.3, -0.25) is 9.69 Å². The Hall–Kier alpha value is -0.610. The third kappa shape index (κ3) is 6.23. The van der Waals surface area contributed by atoms with Gasteiger partial charge in [0, 0.05) is 24.0 Å². The van der Waals surface area contributed by atoms with Crippen molar-refractivity contribution in [2.24, 2.45) is 0 Å². The number of carbonyl (C=O) groups is 1. The first-order valence-corrected chi connectivity index (χ1v) is 7.72. The number of hydrogen-bond acceptors (Lipinski definition) is 3. The summed E-state index contributed by atoms with van der Waals surface area (Å²) in [6, 6.07) is 0. The molecular weight excluding hydrogens is 250 g/mol. The monoisotopic (exact) mass is 285 g/mol. The summed E-state index contributed by atoms with van der Waals surface area (Å²) in [5.41, 5.74) is -0.151. The lowest BCUT2D eigenvalue weighted by Gasteiger charge is -2.45. The molecule has 0 aliphatic carbocycles. The number of likely N-dealkylation sites (N-methyl/N-ethyl adjacent to an activating group) is 1. The lowest BCUT2D eigenvalue weighted by atomic mass is 9.97. The van der Waals surface area contributed by atoms with E-state index in [0.29, 0.717) is 6.42 Å². The van der Waals surface area contributed by atoms with Crippen molar-refractivity contribution in [3.8, 4) is 0 Å². The maximum Gasteiger partial charge on any atom is 0.222 e.